The van der Waals surface area contributed by atoms with Crippen molar-refractivity contribution in [2.24, 2.45) is 0 Å². The molecule has 1 aromatic heterocycles. The smallest absolute Gasteiger partial charge is 0.267 e. The first-order chi connectivity index (χ1) is 6.91. The summed E-state index contributed by atoms with van der Waals surface area (Å²) in [5, 5.41) is 11.4. The molecule has 1 aromatic rings. The fraction of sp³-hybridized carbons (Fsp3) is 0.250. The van der Waals surface area contributed by atoms with Crippen molar-refractivity contribution < 1.29 is 14.7 Å². The largest absolute Gasteiger partial charge is 0.493 e. The minimum atomic E-state index is -0.793. The van der Waals surface area contributed by atoms with Crippen molar-refractivity contribution in [3.8, 4) is 5.88 Å². The number of nitrogens with zero attached hydrogens (tertiary/aromatic N) is 1. The van der Waals surface area contributed by atoms with Crippen molar-refractivity contribution in [1.29, 1.82) is 0 Å². The van der Waals surface area contributed by atoms with Gasteiger partial charge in [0.15, 0.2) is 5.78 Å². The number of hydrogen-bond donors (Lipinski definition) is 3. The molecule has 0 fully saturated rings. The SMILES string of the molecule is CC(=O)Nc1nc(O)c(C(C)=O)c(=O)[nH]1. The third-order valence-electron chi connectivity index (χ3n) is 1.55. The van der Waals surface area contributed by atoms with Gasteiger partial charge in [-0.1, -0.05) is 0 Å². The molecule has 1 amide bonds. The van der Waals surface area contributed by atoms with Crippen LogP contribution < -0.4 is 10.9 Å². The van der Waals surface area contributed by atoms with Crippen molar-refractivity contribution in [2.75, 3.05) is 5.32 Å². The van der Waals surface area contributed by atoms with E-state index in [1.54, 1.807) is 0 Å². The molecule has 0 aliphatic heterocycles. The highest BCUT2D eigenvalue weighted by atomic mass is 16.3. The summed E-state index contributed by atoms with van der Waals surface area (Å²) in [6.45, 7) is 2.35. The average molecular weight is 211 g/mol. The highest BCUT2D eigenvalue weighted by Crippen LogP contribution is 2.10. The van der Waals surface area contributed by atoms with E-state index in [-0.39, 0.29) is 5.95 Å². The fourth-order valence-corrected chi connectivity index (χ4v) is 1.00. The van der Waals surface area contributed by atoms with Crippen LogP contribution >= 0.6 is 0 Å². The lowest BCUT2D eigenvalue weighted by atomic mass is 10.2. The Hall–Kier alpha value is -2.18. The van der Waals surface area contributed by atoms with E-state index in [1.807, 2.05) is 0 Å². The summed E-state index contributed by atoms with van der Waals surface area (Å²) < 4.78 is 0. The van der Waals surface area contributed by atoms with E-state index in [4.69, 9.17) is 0 Å². The number of amides is 1. The van der Waals surface area contributed by atoms with E-state index in [0.717, 1.165) is 6.92 Å². The van der Waals surface area contributed by atoms with E-state index in [2.05, 4.69) is 15.3 Å². The van der Waals surface area contributed by atoms with Crippen molar-refractivity contribution in [2.45, 2.75) is 13.8 Å². The van der Waals surface area contributed by atoms with Crippen LogP contribution in [0.2, 0.25) is 0 Å². The second-order valence-corrected chi connectivity index (χ2v) is 2.85. The molecule has 0 saturated carbocycles. The summed E-state index contributed by atoms with van der Waals surface area (Å²) in [7, 11) is 0. The van der Waals surface area contributed by atoms with Gasteiger partial charge >= 0.3 is 0 Å². The summed E-state index contributed by atoms with van der Waals surface area (Å²) >= 11 is 0. The molecule has 7 nitrogen and oxygen atoms in total. The zero-order chi connectivity index (χ0) is 11.6. The molecule has 7 heteroatoms. The Bertz CT molecular complexity index is 477. The van der Waals surface area contributed by atoms with Crippen LogP contribution in [0, 0.1) is 0 Å². The number of carbonyl (C=O) groups excluding carboxylic acids is 2. The minimum absolute atomic E-state index is 0.199. The summed E-state index contributed by atoms with van der Waals surface area (Å²) in [5.74, 6) is -1.95. The molecule has 0 aliphatic rings. The van der Waals surface area contributed by atoms with Gasteiger partial charge in [-0.05, 0) is 6.92 Å². The Balaban J connectivity index is 3.26. The molecule has 0 bridgehead atoms. The molecule has 0 aromatic carbocycles. The van der Waals surface area contributed by atoms with Crippen LogP contribution in [0.15, 0.2) is 4.79 Å². The zero-order valence-electron chi connectivity index (χ0n) is 8.12. The molecule has 0 unspecified atom stereocenters. The molecule has 0 aliphatic carbocycles. The van der Waals surface area contributed by atoms with Gasteiger partial charge in [-0.3, -0.25) is 24.7 Å². The Morgan fingerprint density at radius 3 is 2.40 bits per heavy atom. The molecule has 1 heterocycles. The number of Topliss-reactive ketones (excluding diaryl/α,β-unsaturated/α-hetero) is 1. The van der Waals surface area contributed by atoms with Crippen molar-refractivity contribution in [1.82, 2.24) is 9.97 Å². The van der Waals surface area contributed by atoms with Crippen LogP contribution in [0.1, 0.15) is 24.2 Å². The number of anilines is 1. The standard InChI is InChI=1S/C8H9N3O4/c1-3(12)5-6(14)10-8(9-4(2)13)11-7(5)15/h1-2H3,(H3,9,10,11,13,14,15). The maximum Gasteiger partial charge on any atom is 0.267 e. The first kappa shape index (κ1) is 10.9. The zero-order valence-corrected chi connectivity index (χ0v) is 8.12. The van der Waals surface area contributed by atoms with Crippen LogP contribution in [0.4, 0.5) is 5.95 Å². The van der Waals surface area contributed by atoms with Crippen LogP contribution in [-0.4, -0.2) is 26.8 Å². The number of aromatic hydroxyl groups is 1. The molecule has 3 N–H and O–H groups in total. The summed E-state index contributed by atoms with van der Waals surface area (Å²) in [4.78, 5) is 38.4. The fourth-order valence-electron chi connectivity index (χ4n) is 1.00. The minimum Gasteiger partial charge on any atom is -0.493 e. The summed E-state index contributed by atoms with van der Waals surface area (Å²) in [6, 6.07) is 0. The molecule has 0 radical (unpaired) electrons. The van der Waals surface area contributed by atoms with E-state index in [0.29, 0.717) is 0 Å². The second kappa shape index (κ2) is 3.91. The lowest BCUT2D eigenvalue weighted by Crippen LogP contribution is -2.21. The number of aromatic amines is 1. The van der Waals surface area contributed by atoms with Crippen molar-refractivity contribution >= 4 is 17.6 Å². The number of H-pyrrole nitrogens is 1. The quantitative estimate of drug-likeness (QED) is 0.578. The van der Waals surface area contributed by atoms with Gasteiger partial charge in [-0.25, -0.2) is 0 Å². The first-order valence-electron chi connectivity index (χ1n) is 4.03. The van der Waals surface area contributed by atoms with Gasteiger partial charge in [0.1, 0.15) is 5.56 Å². The number of rotatable bonds is 2. The van der Waals surface area contributed by atoms with E-state index >= 15 is 0 Å². The van der Waals surface area contributed by atoms with Gasteiger partial charge < -0.3 is 5.11 Å². The number of carbonyl (C=O) groups is 2. The molecule has 0 saturated heterocycles. The van der Waals surface area contributed by atoms with Gasteiger partial charge in [0, 0.05) is 6.92 Å². The normalized spacial score (nSPS) is 9.73. The molecule has 15 heavy (non-hydrogen) atoms. The summed E-state index contributed by atoms with van der Waals surface area (Å²) in [5.41, 5.74) is -1.22. The number of hydrogen-bond acceptors (Lipinski definition) is 5. The van der Waals surface area contributed by atoms with E-state index in [1.165, 1.54) is 6.92 Å². The van der Waals surface area contributed by atoms with Gasteiger partial charge in [0.05, 0.1) is 0 Å². The van der Waals surface area contributed by atoms with E-state index < -0.39 is 28.7 Å². The Morgan fingerprint density at radius 2 is 2.00 bits per heavy atom. The third kappa shape index (κ3) is 2.39. The summed E-state index contributed by atoms with van der Waals surface area (Å²) in [6.07, 6.45) is 0. The highest BCUT2D eigenvalue weighted by Gasteiger charge is 2.14. The highest BCUT2D eigenvalue weighted by molar-refractivity contribution is 5.96. The molecule has 0 spiro atoms. The van der Waals surface area contributed by atoms with Crippen LogP contribution in [0.25, 0.3) is 0 Å². The Morgan fingerprint density at radius 1 is 1.40 bits per heavy atom. The predicted octanol–water partition coefficient (Wildman–Crippen LogP) is -0.364. The second-order valence-electron chi connectivity index (χ2n) is 2.85. The van der Waals surface area contributed by atoms with Crippen LogP contribution in [0.3, 0.4) is 0 Å². The van der Waals surface area contributed by atoms with Crippen molar-refractivity contribution in [3.05, 3.63) is 15.9 Å². The number of ketones is 1. The molecule has 80 valence electrons. The number of nitrogens with one attached hydrogen (secondary N) is 2. The molecule has 0 atom stereocenters. The maximum absolute atomic E-state index is 11.3. The monoisotopic (exact) mass is 211 g/mol. The Labute approximate surface area is 84.2 Å². The van der Waals surface area contributed by atoms with Gasteiger partial charge in [0.25, 0.3) is 5.56 Å². The first-order valence-corrected chi connectivity index (χ1v) is 4.03. The van der Waals surface area contributed by atoms with Crippen LogP contribution in [-0.2, 0) is 4.79 Å². The molecular formula is C8H9N3O4. The van der Waals surface area contributed by atoms with Gasteiger partial charge in [-0.15, -0.1) is 0 Å². The van der Waals surface area contributed by atoms with Gasteiger partial charge in [-0.2, -0.15) is 4.98 Å². The third-order valence-corrected chi connectivity index (χ3v) is 1.55. The number of aromatic nitrogens is 2. The topological polar surface area (TPSA) is 112 Å². The average Bonchev–Trinajstić information content (AvgIpc) is 1.99. The lowest BCUT2D eigenvalue weighted by molar-refractivity contribution is -0.114. The van der Waals surface area contributed by atoms with Gasteiger partial charge in [0.2, 0.25) is 17.7 Å². The lowest BCUT2D eigenvalue weighted by Gasteiger charge is -2.03. The van der Waals surface area contributed by atoms with Crippen LogP contribution in [0.5, 0.6) is 5.88 Å². The van der Waals surface area contributed by atoms with E-state index in [9.17, 15) is 19.5 Å². The predicted molar refractivity (Wildman–Crippen MR) is 50.8 cm³/mol. The van der Waals surface area contributed by atoms with Crippen molar-refractivity contribution in [3.63, 3.8) is 0 Å². The maximum atomic E-state index is 11.3. The molecule has 1 rings (SSSR count). The molecular weight excluding hydrogens is 202 g/mol. The Kier molecular flexibility index (Phi) is 2.84.